The molecule has 0 amide bonds. The van der Waals surface area contributed by atoms with Crippen molar-refractivity contribution in [3.05, 3.63) is 57.4 Å². The van der Waals surface area contributed by atoms with E-state index >= 15 is 0 Å². The van der Waals surface area contributed by atoms with Gasteiger partial charge in [-0.05, 0) is 0 Å². The normalized spacial score (nSPS) is 12.1. The molecule has 0 aliphatic heterocycles. The van der Waals surface area contributed by atoms with Crippen LogP contribution < -0.4 is 24.8 Å². The van der Waals surface area contributed by atoms with Gasteiger partial charge in [0.25, 0.3) is 0 Å². The molecule has 0 fully saturated rings. The minimum atomic E-state index is -0.285. The van der Waals surface area contributed by atoms with E-state index in [9.17, 15) is 0 Å². The van der Waals surface area contributed by atoms with Gasteiger partial charge in [-0.3, -0.25) is 0 Å². The van der Waals surface area contributed by atoms with Crippen molar-refractivity contribution >= 4 is 0 Å². The maximum absolute atomic E-state index is 2.31. The molecule has 0 radical (unpaired) electrons. The van der Waals surface area contributed by atoms with Crippen molar-refractivity contribution in [3.63, 3.8) is 0 Å². The summed E-state index contributed by atoms with van der Waals surface area (Å²) < 4.78 is 3.07. The average molecular weight is 318 g/mol. The van der Waals surface area contributed by atoms with Crippen LogP contribution in [0.4, 0.5) is 0 Å². The van der Waals surface area contributed by atoms with Gasteiger partial charge in [0.15, 0.2) is 0 Å². The summed E-state index contributed by atoms with van der Waals surface area (Å²) >= 11 is -0.285. The van der Waals surface area contributed by atoms with Crippen molar-refractivity contribution in [2.75, 3.05) is 0 Å². The third-order valence-electron chi connectivity index (χ3n) is 2.13. The number of benzene rings is 1. The minimum Gasteiger partial charge on any atom is -1.00 e. The molecule has 0 spiro atoms. The fraction of sp³-hybridized carbons (Fsp3) is 0.167. The molecule has 0 unspecified atom stereocenters. The summed E-state index contributed by atoms with van der Waals surface area (Å²) in [7, 11) is 0. The molecule has 78 valence electrons. The Hall–Kier alpha value is 0.163. The van der Waals surface area contributed by atoms with E-state index < -0.39 is 0 Å². The molecule has 0 saturated carbocycles. The van der Waals surface area contributed by atoms with Crippen molar-refractivity contribution in [1.29, 1.82) is 0 Å². The van der Waals surface area contributed by atoms with Crippen LogP contribution in [0.2, 0.25) is 0 Å². The molecular weight excluding hydrogens is 306 g/mol. The summed E-state index contributed by atoms with van der Waals surface area (Å²) in [5, 5.41) is 0. The molecule has 0 nitrogen and oxygen atoms in total. The van der Waals surface area contributed by atoms with Crippen molar-refractivity contribution in [2.24, 2.45) is 0 Å². The Morgan fingerprint density at radius 3 is 2.40 bits per heavy atom. The monoisotopic (exact) mass is 316 g/mol. The maximum Gasteiger partial charge on any atom is -1.00 e. The number of hydrogen-bond acceptors (Lipinski definition) is 0. The van der Waals surface area contributed by atoms with Gasteiger partial charge in [-0.25, -0.2) is 0 Å². The zero-order valence-electron chi connectivity index (χ0n) is 8.29. The SMILES string of the molecule is C1=CC[C]([Zr+2][CH2]c2ccccc2)=C1.[Cl-].[Cl-]. The molecule has 0 N–H and O–H groups in total. The number of halogens is 2. The van der Waals surface area contributed by atoms with Gasteiger partial charge in [-0.2, -0.15) is 0 Å². The first-order valence-corrected chi connectivity index (χ1v) is 7.55. The van der Waals surface area contributed by atoms with E-state index in [-0.39, 0.29) is 48.0 Å². The zero-order valence-corrected chi connectivity index (χ0v) is 12.3. The Balaban J connectivity index is 0.000000980. The first-order valence-electron chi connectivity index (χ1n) is 4.58. The van der Waals surface area contributed by atoms with Crippen molar-refractivity contribution in [1.82, 2.24) is 0 Å². The van der Waals surface area contributed by atoms with Crippen LogP contribution in [-0.4, -0.2) is 0 Å². The first kappa shape index (κ1) is 15.2. The van der Waals surface area contributed by atoms with Gasteiger partial charge >= 0.3 is 91.2 Å². The summed E-state index contributed by atoms with van der Waals surface area (Å²) in [5.41, 5.74) is 1.52. The van der Waals surface area contributed by atoms with E-state index in [0.29, 0.717) is 0 Å². The molecule has 1 aromatic rings. The molecule has 0 aromatic heterocycles. The molecule has 0 bridgehead atoms. The Morgan fingerprint density at radius 1 is 1.07 bits per heavy atom. The predicted octanol–water partition coefficient (Wildman–Crippen LogP) is -2.88. The second-order valence-corrected chi connectivity index (χ2v) is 6.48. The zero-order chi connectivity index (χ0) is 8.93. The topological polar surface area (TPSA) is 0 Å². The van der Waals surface area contributed by atoms with Gasteiger partial charge in [-0.1, -0.05) is 0 Å². The molecular formula is C12H12Cl2Zr. The van der Waals surface area contributed by atoms with Crippen LogP contribution in [0.3, 0.4) is 0 Å². The second-order valence-electron chi connectivity index (χ2n) is 3.16. The molecule has 1 aliphatic rings. The van der Waals surface area contributed by atoms with Crippen molar-refractivity contribution in [2.45, 2.75) is 10.5 Å². The van der Waals surface area contributed by atoms with Gasteiger partial charge in [0.1, 0.15) is 0 Å². The number of hydrogen-bond donors (Lipinski definition) is 0. The van der Waals surface area contributed by atoms with E-state index in [0.717, 1.165) is 0 Å². The van der Waals surface area contributed by atoms with Crippen LogP contribution in [-0.2, 0) is 27.4 Å². The van der Waals surface area contributed by atoms with Crippen LogP contribution in [0, 0.1) is 0 Å². The van der Waals surface area contributed by atoms with Crippen LogP contribution in [0.15, 0.2) is 51.8 Å². The van der Waals surface area contributed by atoms with E-state index in [1.54, 1.807) is 3.28 Å². The van der Waals surface area contributed by atoms with E-state index in [4.69, 9.17) is 0 Å². The summed E-state index contributed by atoms with van der Waals surface area (Å²) in [5.74, 6) is 0. The fourth-order valence-corrected chi connectivity index (χ4v) is 4.20. The van der Waals surface area contributed by atoms with E-state index in [2.05, 4.69) is 48.6 Å². The van der Waals surface area contributed by atoms with Crippen LogP contribution in [0.1, 0.15) is 12.0 Å². The average Bonchev–Trinajstić information content (AvgIpc) is 2.69. The first-order chi connectivity index (χ1) is 6.45. The largest absolute Gasteiger partial charge is 1.00 e. The van der Waals surface area contributed by atoms with E-state index in [1.165, 1.54) is 16.1 Å². The van der Waals surface area contributed by atoms with Gasteiger partial charge in [0.2, 0.25) is 0 Å². The molecule has 1 aromatic carbocycles. The predicted molar refractivity (Wildman–Crippen MR) is 52.0 cm³/mol. The van der Waals surface area contributed by atoms with Crippen LogP contribution >= 0.6 is 0 Å². The Kier molecular flexibility index (Phi) is 8.42. The molecule has 15 heavy (non-hydrogen) atoms. The van der Waals surface area contributed by atoms with Crippen molar-refractivity contribution < 1.29 is 48.0 Å². The smallest absolute Gasteiger partial charge is 1.00 e. The fourth-order valence-electron chi connectivity index (χ4n) is 1.39. The van der Waals surface area contributed by atoms with Crippen molar-refractivity contribution in [3.8, 4) is 0 Å². The third-order valence-corrected chi connectivity index (χ3v) is 5.60. The molecule has 2 rings (SSSR count). The second kappa shape index (κ2) is 8.33. The van der Waals surface area contributed by atoms with Gasteiger partial charge in [0.05, 0.1) is 0 Å². The van der Waals surface area contributed by atoms with Gasteiger partial charge in [0, 0.05) is 0 Å². The Labute approximate surface area is 115 Å². The Morgan fingerprint density at radius 2 is 1.80 bits per heavy atom. The Bertz CT molecular complexity index is 331. The molecule has 0 heterocycles. The quantitative estimate of drug-likeness (QED) is 0.562. The van der Waals surface area contributed by atoms with Crippen LogP contribution in [0.25, 0.3) is 0 Å². The summed E-state index contributed by atoms with van der Waals surface area (Å²) in [4.78, 5) is 0. The number of allylic oxidation sites excluding steroid dienone is 4. The summed E-state index contributed by atoms with van der Waals surface area (Å²) in [6, 6.07) is 10.8. The molecule has 3 heteroatoms. The molecule has 0 saturated heterocycles. The summed E-state index contributed by atoms with van der Waals surface area (Å²) in [6.07, 6.45) is 8.01. The minimum absolute atomic E-state index is 0. The van der Waals surface area contributed by atoms with Gasteiger partial charge < -0.3 is 24.8 Å². The van der Waals surface area contributed by atoms with Crippen LogP contribution in [0.5, 0.6) is 0 Å². The molecule has 1 aliphatic carbocycles. The third kappa shape index (κ3) is 5.15. The van der Waals surface area contributed by atoms with E-state index in [1.807, 2.05) is 0 Å². The number of rotatable bonds is 3. The maximum atomic E-state index is 2.31. The summed E-state index contributed by atoms with van der Waals surface area (Å²) in [6.45, 7) is 0. The molecule has 0 atom stereocenters. The standard InChI is InChI=1S/C7H7.C5H5.2ClH.Zr/c1-7-5-3-2-4-6-7;1-2-4-5-3-1;;;/h2-6H,1H2;1-3H,4H2;2*1H;/q;;;;+2/p-2. The van der Waals surface area contributed by atoms with Gasteiger partial charge in [-0.15, -0.1) is 0 Å².